The van der Waals surface area contributed by atoms with Crippen LogP contribution in [0.1, 0.15) is 43.0 Å². The molecule has 1 aromatic carbocycles. The second kappa shape index (κ2) is 6.48. The molecule has 1 aliphatic rings. The Hall–Kier alpha value is -1.55. The van der Waals surface area contributed by atoms with Crippen LogP contribution in [0.4, 0.5) is 5.69 Å². The lowest BCUT2D eigenvalue weighted by atomic mass is 9.76. The number of hydrogen-bond acceptors (Lipinski definition) is 4. The zero-order valence-electron chi connectivity index (χ0n) is 13.3. The molecular formula is C17H26N2O2. The summed E-state index contributed by atoms with van der Waals surface area (Å²) >= 11 is 0. The average Bonchev–Trinajstić information content (AvgIpc) is 2.41. The zero-order valence-corrected chi connectivity index (χ0v) is 13.3. The summed E-state index contributed by atoms with van der Waals surface area (Å²) in [5.74, 6) is 0.141. The van der Waals surface area contributed by atoms with Crippen molar-refractivity contribution >= 4 is 11.7 Å². The van der Waals surface area contributed by atoms with Crippen LogP contribution in [0.15, 0.2) is 24.3 Å². The number of nitrogens with two attached hydrogens (primary N) is 1. The predicted octanol–water partition coefficient (Wildman–Crippen LogP) is 2.94. The third-order valence-corrected chi connectivity index (χ3v) is 4.40. The number of hydrogen-bond donors (Lipinski definition) is 1. The molecule has 2 atom stereocenters. The number of rotatable bonds is 4. The van der Waals surface area contributed by atoms with E-state index in [0.717, 1.165) is 25.8 Å². The van der Waals surface area contributed by atoms with E-state index in [9.17, 15) is 4.79 Å². The van der Waals surface area contributed by atoms with Crippen LogP contribution in [0.5, 0.6) is 0 Å². The van der Waals surface area contributed by atoms with E-state index in [1.165, 1.54) is 6.42 Å². The van der Waals surface area contributed by atoms with Crippen molar-refractivity contribution in [2.75, 3.05) is 26.4 Å². The highest BCUT2D eigenvalue weighted by Crippen LogP contribution is 2.37. The smallest absolute Gasteiger partial charge is 0.338 e. The van der Waals surface area contributed by atoms with Crippen LogP contribution in [0, 0.1) is 5.92 Å². The number of nitrogens with zero attached hydrogens (tertiary/aromatic N) is 1. The monoisotopic (exact) mass is 290 g/mol. The molecule has 4 nitrogen and oxygen atoms in total. The van der Waals surface area contributed by atoms with Crippen LogP contribution in [-0.2, 0) is 4.74 Å². The lowest BCUT2D eigenvalue weighted by Crippen LogP contribution is -2.46. The molecule has 0 spiro atoms. The Labute approximate surface area is 127 Å². The van der Waals surface area contributed by atoms with E-state index in [2.05, 4.69) is 25.9 Å². The van der Waals surface area contributed by atoms with Crippen LogP contribution in [0.3, 0.4) is 0 Å². The summed E-state index contributed by atoms with van der Waals surface area (Å²) in [6.07, 6.45) is 4.39. The number of carbonyl (C=O) groups excluding carboxylic acids is 1. The van der Waals surface area contributed by atoms with Crippen LogP contribution < -0.4 is 5.73 Å². The zero-order chi connectivity index (χ0) is 15.5. The van der Waals surface area contributed by atoms with Crippen LogP contribution in [0.25, 0.3) is 0 Å². The lowest BCUT2D eigenvalue weighted by molar-refractivity contribution is -0.0651. The van der Waals surface area contributed by atoms with Gasteiger partial charge in [-0.15, -0.1) is 0 Å². The minimum Gasteiger partial charge on any atom is -0.455 e. The van der Waals surface area contributed by atoms with Gasteiger partial charge in [0.25, 0.3) is 0 Å². The number of nitrogen functional groups attached to an aromatic ring is 1. The third kappa shape index (κ3) is 3.97. The van der Waals surface area contributed by atoms with Gasteiger partial charge in [0.2, 0.25) is 0 Å². The van der Waals surface area contributed by atoms with Gasteiger partial charge in [0.05, 0.1) is 5.56 Å². The lowest BCUT2D eigenvalue weighted by Gasteiger charge is -2.42. The Kier molecular flexibility index (Phi) is 4.88. The van der Waals surface area contributed by atoms with E-state index in [4.69, 9.17) is 10.5 Å². The number of carbonyl (C=O) groups is 1. The fourth-order valence-corrected chi connectivity index (χ4v) is 3.13. The van der Waals surface area contributed by atoms with E-state index in [-0.39, 0.29) is 11.6 Å². The van der Waals surface area contributed by atoms with Gasteiger partial charge in [0, 0.05) is 18.2 Å². The molecule has 21 heavy (non-hydrogen) atoms. The summed E-state index contributed by atoms with van der Waals surface area (Å²) in [5.41, 5.74) is 6.50. The maximum atomic E-state index is 12.4. The first-order valence-electron chi connectivity index (χ1n) is 7.64. The first-order chi connectivity index (χ1) is 9.90. The topological polar surface area (TPSA) is 55.6 Å². The Bertz CT molecular complexity index is 484. The van der Waals surface area contributed by atoms with E-state index in [1.807, 2.05) is 0 Å². The molecule has 2 N–H and O–H groups in total. The summed E-state index contributed by atoms with van der Waals surface area (Å²) in [5, 5.41) is 0. The molecule has 2 rings (SSSR count). The minimum absolute atomic E-state index is 0.247. The number of esters is 1. The van der Waals surface area contributed by atoms with Gasteiger partial charge in [0.15, 0.2) is 0 Å². The van der Waals surface area contributed by atoms with Crippen molar-refractivity contribution in [2.45, 2.75) is 38.2 Å². The Morgan fingerprint density at radius 3 is 2.62 bits per heavy atom. The van der Waals surface area contributed by atoms with Gasteiger partial charge < -0.3 is 15.4 Å². The summed E-state index contributed by atoms with van der Waals surface area (Å²) in [6.45, 7) is 3.03. The molecule has 0 aromatic heterocycles. The van der Waals surface area contributed by atoms with Gasteiger partial charge in [-0.05, 0) is 64.5 Å². The van der Waals surface area contributed by atoms with Crippen LogP contribution in [-0.4, -0.2) is 37.1 Å². The molecular weight excluding hydrogens is 264 g/mol. The SMILES string of the molecule is CN(C)CC1CCCCC1(C)OC(=O)c1ccc(N)cc1. The Morgan fingerprint density at radius 1 is 1.33 bits per heavy atom. The number of benzene rings is 1. The fourth-order valence-electron chi connectivity index (χ4n) is 3.13. The highest BCUT2D eigenvalue weighted by Gasteiger charge is 2.40. The molecule has 116 valence electrons. The minimum atomic E-state index is -0.374. The van der Waals surface area contributed by atoms with Gasteiger partial charge in [0.1, 0.15) is 5.60 Å². The standard InChI is InChI=1S/C17H26N2O2/c1-17(11-5-4-6-14(17)12-19(2)3)21-16(20)13-7-9-15(18)10-8-13/h7-10,14H,4-6,11-12,18H2,1-3H3. The number of ether oxygens (including phenoxy) is 1. The molecule has 1 aromatic rings. The molecule has 1 saturated carbocycles. The molecule has 0 bridgehead atoms. The van der Waals surface area contributed by atoms with Gasteiger partial charge in [-0.2, -0.15) is 0 Å². The fraction of sp³-hybridized carbons (Fsp3) is 0.588. The molecule has 2 unspecified atom stereocenters. The summed E-state index contributed by atoms with van der Waals surface area (Å²) in [6, 6.07) is 6.92. The van der Waals surface area contributed by atoms with Crippen molar-refractivity contribution < 1.29 is 9.53 Å². The first kappa shape index (κ1) is 15.8. The van der Waals surface area contributed by atoms with Crippen molar-refractivity contribution in [3.05, 3.63) is 29.8 Å². The van der Waals surface area contributed by atoms with E-state index in [1.54, 1.807) is 24.3 Å². The van der Waals surface area contributed by atoms with E-state index < -0.39 is 0 Å². The highest BCUT2D eigenvalue weighted by molar-refractivity contribution is 5.90. The summed E-state index contributed by atoms with van der Waals surface area (Å²) in [7, 11) is 4.13. The van der Waals surface area contributed by atoms with Gasteiger partial charge in [-0.3, -0.25) is 0 Å². The van der Waals surface area contributed by atoms with Crippen LogP contribution in [0.2, 0.25) is 0 Å². The van der Waals surface area contributed by atoms with Crippen molar-refractivity contribution in [3.63, 3.8) is 0 Å². The van der Waals surface area contributed by atoms with Crippen molar-refractivity contribution in [3.8, 4) is 0 Å². The molecule has 0 aliphatic heterocycles. The maximum absolute atomic E-state index is 12.4. The Morgan fingerprint density at radius 2 is 2.00 bits per heavy atom. The number of anilines is 1. The van der Waals surface area contributed by atoms with Crippen molar-refractivity contribution in [1.29, 1.82) is 0 Å². The molecule has 0 heterocycles. The largest absolute Gasteiger partial charge is 0.455 e. The summed E-state index contributed by atoms with van der Waals surface area (Å²) in [4.78, 5) is 14.6. The Balaban J connectivity index is 2.10. The molecule has 4 heteroatoms. The molecule has 0 radical (unpaired) electrons. The first-order valence-corrected chi connectivity index (χ1v) is 7.64. The second-order valence-corrected chi connectivity index (χ2v) is 6.53. The quantitative estimate of drug-likeness (QED) is 0.684. The average molecular weight is 290 g/mol. The molecule has 0 amide bonds. The van der Waals surface area contributed by atoms with Crippen LogP contribution >= 0.6 is 0 Å². The van der Waals surface area contributed by atoms with Gasteiger partial charge in [-0.25, -0.2) is 4.79 Å². The normalized spacial score (nSPS) is 25.8. The predicted molar refractivity (Wildman–Crippen MR) is 85.2 cm³/mol. The van der Waals surface area contributed by atoms with Gasteiger partial charge >= 0.3 is 5.97 Å². The maximum Gasteiger partial charge on any atom is 0.338 e. The van der Waals surface area contributed by atoms with Crippen molar-refractivity contribution in [2.24, 2.45) is 5.92 Å². The van der Waals surface area contributed by atoms with E-state index >= 15 is 0 Å². The van der Waals surface area contributed by atoms with E-state index in [0.29, 0.717) is 17.2 Å². The van der Waals surface area contributed by atoms with Crippen molar-refractivity contribution in [1.82, 2.24) is 4.90 Å². The summed E-state index contributed by atoms with van der Waals surface area (Å²) < 4.78 is 5.91. The molecule has 1 fully saturated rings. The van der Waals surface area contributed by atoms with Gasteiger partial charge in [-0.1, -0.05) is 6.42 Å². The molecule has 0 saturated heterocycles. The highest BCUT2D eigenvalue weighted by atomic mass is 16.6. The molecule has 1 aliphatic carbocycles. The third-order valence-electron chi connectivity index (χ3n) is 4.40. The second-order valence-electron chi connectivity index (χ2n) is 6.53.